The molecule has 0 amide bonds. The molecule has 0 radical (unpaired) electrons. The van der Waals surface area contributed by atoms with E-state index in [0.717, 1.165) is 12.0 Å². The maximum absolute atomic E-state index is 11.1. The molecule has 0 bridgehead atoms. The highest BCUT2D eigenvalue weighted by Crippen LogP contribution is 2.16. The van der Waals surface area contributed by atoms with E-state index in [1.165, 1.54) is 31.1 Å². The third-order valence-corrected chi connectivity index (χ3v) is 3.07. The molecule has 0 saturated heterocycles. The summed E-state index contributed by atoms with van der Waals surface area (Å²) in [7, 11) is 1.41. The first-order chi connectivity index (χ1) is 9.67. The van der Waals surface area contributed by atoms with Gasteiger partial charge in [0.05, 0.1) is 13.5 Å². The number of rotatable bonds is 7. The number of esters is 1. The molecule has 2 heteroatoms. The number of hydrogen-bond donors (Lipinski definition) is 0. The number of benzene rings is 1. The Balaban J connectivity index is 2.79. The first-order valence-corrected chi connectivity index (χ1v) is 7.18. The van der Waals surface area contributed by atoms with Crippen LogP contribution < -0.4 is 0 Å². The lowest BCUT2D eigenvalue weighted by Crippen LogP contribution is -1.96. The lowest BCUT2D eigenvalue weighted by Gasteiger charge is -2.03. The molecule has 1 aromatic carbocycles. The molecule has 108 valence electrons. The monoisotopic (exact) mass is 272 g/mol. The largest absolute Gasteiger partial charge is 0.469 e. The number of ether oxygens (including phenoxy) is 1. The molecular formula is C18H24O2. The summed E-state index contributed by atoms with van der Waals surface area (Å²) in [5, 5.41) is 0. The first kappa shape index (κ1) is 16.2. The second-order valence-electron chi connectivity index (χ2n) is 4.86. The van der Waals surface area contributed by atoms with Gasteiger partial charge in [0.2, 0.25) is 0 Å². The number of unbranched alkanes of at least 4 members (excludes halogenated alkanes) is 2. The quantitative estimate of drug-likeness (QED) is 0.527. The average molecular weight is 272 g/mol. The Labute approximate surface area is 122 Å². The van der Waals surface area contributed by atoms with Gasteiger partial charge in [-0.05, 0) is 24.5 Å². The van der Waals surface area contributed by atoms with Gasteiger partial charge < -0.3 is 4.74 Å². The van der Waals surface area contributed by atoms with E-state index in [1.54, 1.807) is 0 Å². The summed E-state index contributed by atoms with van der Waals surface area (Å²) < 4.78 is 4.63. The fourth-order valence-corrected chi connectivity index (χ4v) is 1.89. The Hall–Kier alpha value is -1.83. The second-order valence-corrected chi connectivity index (χ2v) is 4.86. The normalized spacial score (nSPS) is 11.3. The van der Waals surface area contributed by atoms with Crippen molar-refractivity contribution in [3.63, 3.8) is 0 Å². The molecule has 0 saturated carbocycles. The highest BCUT2D eigenvalue weighted by atomic mass is 16.5. The summed E-state index contributed by atoms with van der Waals surface area (Å²) in [6.45, 7) is 4.28. The van der Waals surface area contributed by atoms with Gasteiger partial charge in [-0.25, -0.2) is 0 Å². The van der Waals surface area contributed by atoms with Crippen molar-refractivity contribution < 1.29 is 9.53 Å². The van der Waals surface area contributed by atoms with Crippen LogP contribution in [0.5, 0.6) is 0 Å². The summed E-state index contributed by atoms with van der Waals surface area (Å²) in [5.41, 5.74) is 3.57. The van der Waals surface area contributed by atoms with Crippen LogP contribution in [-0.4, -0.2) is 13.1 Å². The maximum atomic E-state index is 11.1. The minimum absolute atomic E-state index is 0.214. The van der Waals surface area contributed by atoms with E-state index in [9.17, 15) is 4.79 Å². The fourth-order valence-electron chi connectivity index (χ4n) is 1.89. The van der Waals surface area contributed by atoms with Crippen molar-refractivity contribution >= 4 is 18.1 Å². The molecule has 1 rings (SSSR count). The summed E-state index contributed by atoms with van der Waals surface area (Å²) >= 11 is 0. The van der Waals surface area contributed by atoms with E-state index in [0.29, 0.717) is 6.42 Å². The van der Waals surface area contributed by atoms with Crippen molar-refractivity contribution in [1.82, 2.24) is 0 Å². The molecule has 0 aliphatic carbocycles. The molecule has 2 nitrogen and oxygen atoms in total. The lowest BCUT2D eigenvalue weighted by molar-refractivity contribution is -0.139. The highest BCUT2D eigenvalue weighted by Gasteiger charge is 1.98. The zero-order valence-corrected chi connectivity index (χ0v) is 12.7. The smallest absolute Gasteiger partial charge is 0.309 e. The van der Waals surface area contributed by atoms with E-state index in [-0.39, 0.29) is 5.97 Å². The van der Waals surface area contributed by atoms with E-state index < -0.39 is 0 Å². The number of aryl methyl sites for hydroxylation is 1. The van der Waals surface area contributed by atoms with Crippen LogP contribution in [0.3, 0.4) is 0 Å². The molecule has 0 unspecified atom stereocenters. The van der Waals surface area contributed by atoms with Gasteiger partial charge in [0.15, 0.2) is 0 Å². The topological polar surface area (TPSA) is 26.3 Å². The van der Waals surface area contributed by atoms with Gasteiger partial charge >= 0.3 is 5.97 Å². The molecular weight excluding hydrogens is 248 g/mol. The van der Waals surface area contributed by atoms with Crippen molar-refractivity contribution in [1.29, 1.82) is 0 Å². The number of methoxy groups -OCH3 is 1. The first-order valence-electron chi connectivity index (χ1n) is 7.18. The zero-order valence-electron chi connectivity index (χ0n) is 12.7. The minimum atomic E-state index is -0.214. The van der Waals surface area contributed by atoms with Crippen molar-refractivity contribution in [3.05, 3.63) is 47.0 Å². The van der Waals surface area contributed by atoms with Crippen molar-refractivity contribution in [2.24, 2.45) is 0 Å². The molecule has 0 aliphatic heterocycles. The number of hydrogen-bond acceptors (Lipinski definition) is 2. The Morgan fingerprint density at radius 1 is 1.20 bits per heavy atom. The highest BCUT2D eigenvalue weighted by molar-refractivity contribution is 5.73. The van der Waals surface area contributed by atoms with Gasteiger partial charge in [-0.2, -0.15) is 0 Å². The lowest BCUT2D eigenvalue weighted by atomic mass is 10.0. The SMILES string of the molecule is CCCC/C=C/c1cc(C)ccc1/C=C/CC(=O)OC. The Morgan fingerprint density at radius 2 is 1.95 bits per heavy atom. The molecule has 20 heavy (non-hydrogen) atoms. The van der Waals surface area contributed by atoms with E-state index in [1.807, 2.05) is 12.2 Å². The van der Waals surface area contributed by atoms with Crippen molar-refractivity contribution in [2.45, 2.75) is 39.5 Å². The molecule has 0 atom stereocenters. The van der Waals surface area contributed by atoms with Crippen LogP contribution in [0.25, 0.3) is 12.2 Å². The molecule has 0 spiro atoms. The summed E-state index contributed by atoms with van der Waals surface area (Å²) in [5.74, 6) is -0.214. The van der Waals surface area contributed by atoms with Gasteiger partial charge in [-0.15, -0.1) is 0 Å². The molecule has 0 fully saturated rings. The number of allylic oxidation sites excluding steroid dienone is 1. The molecule has 0 heterocycles. The maximum Gasteiger partial charge on any atom is 0.309 e. The summed E-state index contributed by atoms with van der Waals surface area (Å²) in [4.78, 5) is 11.1. The average Bonchev–Trinajstić information content (AvgIpc) is 2.45. The number of carbonyl (C=O) groups is 1. The van der Waals surface area contributed by atoms with Crippen LogP contribution in [0.1, 0.15) is 49.3 Å². The van der Waals surface area contributed by atoms with Crippen molar-refractivity contribution in [2.75, 3.05) is 7.11 Å². The standard InChI is InChI=1S/C18H24O2/c1-4-5-6-7-9-17-14-15(2)12-13-16(17)10-8-11-18(19)20-3/h7-10,12-14H,4-6,11H2,1-3H3/b9-7+,10-8+. The van der Waals surface area contributed by atoms with Crippen LogP contribution in [0.15, 0.2) is 30.4 Å². The van der Waals surface area contributed by atoms with Crippen LogP contribution in [0.4, 0.5) is 0 Å². The van der Waals surface area contributed by atoms with Crippen LogP contribution in [-0.2, 0) is 9.53 Å². The minimum Gasteiger partial charge on any atom is -0.469 e. The molecule has 0 N–H and O–H groups in total. The van der Waals surface area contributed by atoms with Gasteiger partial charge in [0, 0.05) is 0 Å². The zero-order chi connectivity index (χ0) is 14.8. The Kier molecular flexibility index (Phi) is 7.41. The second kappa shape index (κ2) is 9.13. The van der Waals surface area contributed by atoms with E-state index >= 15 is 0 Å². The van der Waals surface area contributed by atoms with Gasteiger partial charge in [0.1, 0.15) is 0 Å². The van der Waals surface area contributed by atoms with E-state index in [2.05, 4.69) is 48.9 Å². The van der Waals surface area contributed by atoms with E-state index in [4.69, 9.17) is 0 Å². The number of carbonyl (C=O) groups excluding carboxylic acids is 1. The molecule has 0 aliphatic rings. The fraction of sp³-hybridized carbons (Fsp3) is 0.389. The molecule has 0 aromatic heterocycles. The van der Waals surface area contributed by atoms with Gasteiger partial charge in [-0.1, -0.05) is 67.8 Å². The molecule has 1 aromatic rings. The van der Waals surface area contributed by atoms with Crippen LogP contribution in [0.2, 0.25) is 0 Å². The van der Waals surface area contributed by atoms with Gasteiger partial charge in [0.25, 0.3) is 0 Å². The Bertz CT molecular complexity index is 484. The van der Waals surface area contributed by atoms with Gasteiger partial charge in [-0.3, -0.25) is 4.79 Å². The predicted octanol–water partition coefficient (Wildman–Crippen LogP) is 4.77. The third kappa shape index (κ3) is 5.87. The van der Waals surface area contributed by atoms with Crippen LogP contribution in [0, 0.1) is 6.92 Å². The van der Waals surface area contributed by atoms with Crippen LogP contribution >= 0.6 is 0 Å². The Morgan fingerprint density at radius 3 is 2.65 bits per heavy atom. The summed E-state index contributed by atoms with van der Waals surface area (Å²) in [6.07, 6.45) is 12.1. The predicted molar refractivity (Wildman–Crippen MR) is 85.4 cm³/mol. The third-order valence-electron chi connectivity index (χ3n) is 3.07. The van der Waals surface area contributed by atoms with Crippen molar-refractivity contribution in [3.8, 4) is 0 Å². The summed E-state index contributed by atoms with van der Waals surface area (Å²) in [6, 6.07) is 6.34.